The first-order valence-electron chi connectivity index (χ1n) is 22.1. The topological polar surface area (TPSA) is 95.8 Å². The summed E-state index contributed by atoms with van der Waals surface area (Å²) in [7, 11) is 0. The maximum absolute atomic E-state index is 9.34. The first-order valence-corrected chi connectivity index (χ1v) is 22.1. The number of benzene rings is 4. The van der Waals surface area contributed by atoms with Crippen LogP contribution in [-0.2, 0) is 0 Å². The van der Waals surface area contributed by atoms with Gasteiger partial charge >= 0.3 is 0 Å². The molecule has 312 valence electrons. The molecule has 2 N–H and O–H groups in total. The molecule has 0 atom stereocenters. The molecule has 4 rings (SSSR count). The van der Waals surface area contributed by atoms with E-state index in [1.54, 1.807) is 0 Å². The highest BCUT2D eigenvalue weighted by atomic mass is 16.5. The predicted molar refractivity (Wildman–Crippen MR) is 232 cm³/mol. The van der Waals surface area contributed by atoms with Gasteiger partial charge in [-0.1, -0.05) is 79.1 Å². The van der Waals surface area contributed by atoms with Gasteiger partial charge in [-0.15, -0.1) is 0 Å². The standard InChI is InChI=1S/C48H72O8/c1-5-9-17-25-51-43-31-37-38(32-44(43)52-26-18-10-6-2)42-36-48(56-30-22-14-16-24-50)46(54-28-20-12-8-4)34-40(42)39-33-45(53-27-19-11-7-3)47(35-41(37)39)55-29-21-13-15-23-49/h31-36,49-50H,5-30H2,1-4H3. The number of hydrogen-bond donors (Lipinski definition) is 2. The molecule has 0 saturated carbocycles. The summed E-state index contributed by atoms with van der Waals surface area (Å²) in [5.41, 5.74) is 0. The van der Waals surface area contributed by atoms with Crippen molar-refractivity contribution in [2.24, 2.45) is 0 Å². The van der Waals surface area contributed by atoms with E-state index in [9.17, 15) is 10.2 Å². The Kier molecular flexibility index (Phi) is 21.2. The highest BCUT2D eigenvalue weighted by Gasteiger charge is 2.20. The molecule has 0 amide bonds. The summed E-state index contributed by atoms with van der Waals surface area (Å²) in [5, 5.41) is 25.0. The summed E-state index contributed by atoms with van der Waals surface area (Å²) in [6.07, 6.45) is 17.8. The average molecular weight is 777 g/mol. The van der Waals surface area contributed by atoms with Crippen LogP contribution in [0.1, 0.15) is 143 Å². The van der Waals surface area contributed by atoms with Gasteiger partial charge in [-0.05, 0) is 133 Å². The van der Waals surface area contributed by atoms with Crippen LogP contribution in [0.5, 0.6) is 34.5 Å². The van der Waals surface area contributed by atoms with E-state index in [0.29, 0.717) is 39.6 Å². The van der Waals surface area contributed by atoms with E-state index in [2.05, 4.69) is 64.1 Å². The summed E-state index contributed by atoms with van der Waals surface area (Å²) >= 11 is 0. The largest absolute Gasteiger partial charge is 0.490 e. The number of hydrogen-bond acceptors (Lipinski definition) is 8. The van der Waals surface area contributed by atoms with Crippen LogP contribution in [0.2, 0.25) is 0 Å². The van der Waals surface area contributed by atoms with Crippen molar-refractivity contribution in [2.75, 3.05) is 52.9 Å². The van der Waals surface area contributed by atoms with Crippen molar-refractivity contribution in [1.82, 2.24) is 0 Å². The lowest BCUT2D eigenvalue weighted by atomic mass is 9.93. The molecular formula is C48H72O8. The smallest absolute Gasteiger partial charge is 0.161 e. The summed E-state index contributed by atoms with van der Waals surface area (Å²) in [5.74, 6) is 4.43. The molecule has 0 bridgehead atoms. The van der Waals surface area contributed by atoms with Crippen molar-refractivity contribution in [1.29, 1.82) is 0 Å². The molecule has 8 heteroatoms. The second-order valence-corrected chi connectivity index (χ2v) is 15.0. The quantitative estimate of drug-likeness (QED) is 0.0374. The Bertz CT molecular complexity index is 1560. The monoisotopic (exact) mass is 777 g/mol. The van der Waals surface area contributed by atoms with Gasteiger partial charge in [-0.25, -0.2) is 0 Å². The van der Waals surface area contributed by atoms with Crippen molar-refractivity contribution in [3.05, 3.63) is 36.4 Å². The zero-order valence-corrected chi connectivity index (χ0v) is 35.2. The normalized spacial score (nSPS) is 11.5. The first-order chi connectivity index (χ1) is 27.6. The van der Waals surface area contributed by atoms with Gasteiger partial charge in [-0.3, -0.25) is 0 Å². The molecule has 0 fully saturated rings. The van der Waals surface area contributed by atoms with E-state index in [-0.39, 0.29) is 13.2 Å². The van der Waals surface area contributed by atoms with Crippen molar-refractivity contribution in [3.63, 3.8) is 0 Å². The van der Waals surface area contributed by atoms with Crippen molar-refractivity contribution >= 4 is 32.3 Å². The van der Waals surface area contributed by atoms with Crippen LogP contribution < -0.4 is 28.4 Å². The van der Waals surface area contributed by atoms with E-state index in [1.165, 1.54) is 0 Å². The summed E-state index contributed by atoms with van der Waals surface area (Å²) in [6.45, 7) is 12.7. The Morgan fingerprint density at radius 3 is 0.661 bits per heavy atom. The molecule has 0 unspecified atom stereocenters. The highest BCUT2D eigenvalue weighted by Crippen LogP contribution is 2.47. The van der Waals surface area contributed by atoms with Crippen molar-refractivity contribution < 1.29 is 38.6 Å². The molecule has 0 spiro atoms. The minimum absolute atomic E-state index is 0.189. The Morgan fingerprint density at radius 1 is 0.286 bits per heavy atom. The third kappa shape index (κ3) is 13.8. The lowest BCUT2D eigenvalue weighted by Gasteiger charge is -2.21. The van der Waals surface area contributed by atoms with Crippen LogP contribution in [0.25, 0.3) is 32.3 Å². The minimum atomic E-state index is 0.189. The summed E-state index contributed by atoms with van der Waals surface area (Å²) in [4.78, 5) is 0. The second-order valence-electron chi connectivity index (χ2n) is 15.0. The van der Waals surface area contributed by atoms with Crippen LogP contribution in [0.4, 0.5) is 0 Å². The van der Waals surface area contributed by atoms with Gasteiger partial charge in [0.15, 0.2) is 34.5 Å². The molecule has 0 saturated heterocycles. The number of ether oxygens (including phenoxy) is 6. The van der Waals surface area contributed by atoms with Gasteiger partial charge in [0.1, 0.15) is 0 Å². The predicted octanol–water partition coefficient (Wildman–Crippen LogP) is 12.5. The lowest BCUT2D eigenvalue weighted by molar-refractivity contribution is 0.249. The maximum Gasteiger partial charge on any atom is 0.161 e. The molecule has 4 aromatic carbocycles. The number of aliphatic hydroxyl groups excluding tert-OH is 2. The lowest BCUT2D eigenvalue weighted by Crippen LogP contribution is -2.05. The van der Waals surface area contributed by atoms with Gasteiger partial charge < -0.3 is 38.6 Å². The van der Waals surface area contributed by atoms with Crippen LogP contribution in [0.3, 0.4) is 0 Å². The van der Waals surface area contributed by atoms with E-state index in [4.69, 9.17) is 28.4 Å². The first kappa shape index (κ1) is 45.1. The molecular weight excluding hydrogens is 705 g/mol. The molecule has 0 aliphatic carbocycles. The van der Waals surface area contributed by atoms with Gasteiger partial charge in [0.05, 0.1) is 39.6 Å². The molecule has 0 aliphatic rings. The Morgan fingerprint density at radius 2 is 0.482 bits per heavy atom. The summed E-state index contributed by atoms with van der Waals surface area (Å²) in [6, 6.07) is 12.9. The SMILES string of the molecule is CCCCCOc1cc2c(cc1OCCCCC)c1cc(OCCCCCO)c(OCCCCC)cc1c1cc(OCCCCC)c(OCCCCCO)cc21. The number of unbranched alkanes of at least 4 members (excludes halogenated alkanes) is 12. The third-order valence-electron chi connectivity index (χ3n) is 10.3. The minimum Gasteiger partial charge on any atom is -0.490 e. The molecule has 0 heterocycles. The van der Waals surface area contributed by atoms with Crippen molar-refractivity contribution in [3.8, 4) is 34.5 Å². The fraction of sp³-hybridized carbons (Fsp3) is 0.625. The average Bonchev–Trinajstić information content (AvgIpc) is 3.21. The Hall–Kier alpha value is -3.62. The summed E-state index contributed by atoms with van der Waals surface area (Å²) < 4.78 is 39.1. The fourth-order valence-electron chi connectivity index (χ4n) is 6.98. The van der Waals surface area contributed by atoms with Gasteiger partial charge in [0, 0.05) is 13.2 Å². The molecule has 4 aromatic rings. The Balaban J connectivity index is 1.98. The van der Waals surface area contributed by atoms with E-state index in [1.807, 2.05) is 0 Å². The van der Waals surface area contributed by atoms with Gasteiger partial charge in [0.25, 0.3) is 0 Å². The van der Waals surface area contributed by atoms with Crippen LogP contribution in [0, 0.1) is 0 Å². The number of aliphatic hydroxyl groups is 2. The fourth-order valence-corrected chi connectivity index (χ4v) is 6.98. The molecule has 56 heavy (non-hydrogen) atoms. The molecule has 8 nitrogen and oxygen atoms in total. The molecule has 0 radical (unpaired) electrons. The Labute approximate surface area is 337 Å². The van der Waals surface area contributed by atoms with Crippen LogP contribution in [0.15, 0.2) is 36.4 Å². The van der Waals surface area contributed by atoms with E-state index < -0.39 is 0 Å². The van der Waals surface area contributed by atoms with Crippen LogP contribution >= 0.6 is 0 Å². The van der Waals surface area contributed by atoms with E-state index in [0.717, 1.165) is 182 Å². The maximum atomic E-state index is 9.34. The van der Waals surface area contributed by atoms with Crippen LogP contribution in [-0.4, -0.2) is 63.1 Å². The van der Waals surface area contributed by atoms with Crippen molar-refractivity contribution in [2.45, 2.75) is 143 Å². The highest BCUT2D eigenvalue weighted by molar-refractivity contribution is 6.26. The number of rotatable bonds is 32. The second kappa shape index (κ2) is 26.3. The molecule has 0 aliphatic heterocycles. The van der Waals surface area contributed by atoms with Gasteiger partial charge in [-0.2, -0.15) is 0 Å². The number of fused-ring (bicyclic) bond motifs is 6. The van der Waals surface area contributed by atoms with E-state index >= 15 is 0 Å². The zero-order valence-electron chi connectivity index (χ0n) is 35.2. The third-order valence-corrected chi connectivity index (χ3v) is 10.3. The zero-order chi connectivity index (χ0) is 39.8. The molecule has 0 aromatic heterocycles. The van der Waals surface area contributed by atoms with Gasteiger partial charge in [0.2, 0.25) is 0 Å².